The van der Waals surface area contributed by atoms with Gasteiger partial charge < -0.3 is 5.32 Å². The van der Waals surface area contributed by atoms with Crippen LogP contribution in [-0.4, -0.2) is 16.2 Å². The van der Waals surface area contributed by atoms with Crippen LogP contribution in [-0.2, 0) is 17.6 Å². The molecule has 4 nitrogen and oxygen atoms in total. The lowest BCUT2D eigenvalue weighted by Crippen LogP contribution is -2.33. The number of anilines is 1. The number of nitrogens with one attached hydrogen (secondary N) is 1. The molecule has 176 valence electrons. The van der Waals surface area contributed by atoms with Crippen LogP contribution in [0.5, 0.6) is 0 Å². The molecule has 0 bridgehead atoms. The van der Waals surface area contributed by atoms with Crippen LogP contribution in [0.2, 0.25) is 0 Å². The van der Waals surface area contributed by atoms with Crippen LogP contribution in [0.25, 0.3) is 10.8 Å². The van der Waals surface area contributed by atoms with Gasteiger partial charge in [-0.15, -0.1) is 11.8 Å². The van der Waals surface area contributed by atoms with Crippen molar-refractivity contribution in [3.05, 3.63) is 105 Å². The Labute approximate surface area is 209 Å². The Bertz CT molecular complexity index is 1500. The predicted octanol–water partition coefficient (Wildman–Crippen LogP) is 6.32. The molecule has 5 heteroatoms. The molecule has 1 amide bonds. The molecule has 3 aromatic carbocycles. The van der Waals surface area contributed by atoms with Crippen LogP contribution in [0.3, 0.4) is 0 Å². The molecule has 0 spiro atoms. The number of fused-ring (bicyclic) bond motifs is 2. The molecule has 1 aliphatic carbocycles. The number of carbonyl (C=O) groups is 1. The van der Waals surface area contributed by atoms with E-state index in [-0.39, 0.29) is 11.5 Å². The van der Waals surface area contributed by atoms with Gasteiger partial charge in [0.1, 0.15) is 6.04 Å². The highest BCUT2D eigenvalue weighted by Crippen LogP contribution is 2.48. The molecule has 4 aromatic rings. The fourth-order valence-electron chi connectivity index (χ4n) is 5.23. The zero-order chi connectivity index (χ0) is 23.9. The zero-order valence-corrected chi connectivity index (χ0v) is 20.6. The molecule has 1 atom stereocenters. The second-order valence-corrected chi connectivity index (χ2v) is 10.6. The summed E-state index contributed by atoms with van der Waals surface area (Å²) in [5, 5.41) is 6.50. The molecule has 1 saturated carbocycles. The summed E-state index contributed by atoms with van der Waals surface area (Å²) in [6, 6.07) is 24.0. The van der Waals surface area contributed by atoms with Crippen molar-refractivity contribution < 1.29 is 4.79 Å². The molecule has 1 fully saturated rings. The summed E-state index contributed by atoms with van der Waals surface area (Å²) >= 11 is 1.66. The molecule has 35 heavy (non-hydrogen) atoms. The Morgan fingerprint density at radius 2 is 1.80 bits per heavy atom. The summed E-state index contributed by atoms with van der Waals surface area (Å²) in [6.45, 7) is 2.10. The molecule has 0 saturated heterocycles. The quantitative estimate of drug-likeness (QED) is 0.351. The first-order valence-corrected chi connectivity index (χ1v) is 13.4. The maximum atomic E-state index is 13.4. The van der Waals surface area contributed by atoms with E-state index >= 15 is 0 Å². The summed E-state index contributed by atoms with van der Waals surface area (Å²) < 4.78 is 1.75. The second-order valence-electron chi connectivity index (χ2n) is 9.56. The summed E-state index contributed by atoms with van der Waals surface area (Å²) in [7, 11) is 0. The number of amides is 1. The lowest BCUT2D eigenvalue weighted by molar-refractivity contribution is -0.118. The molecule has 0 unspecified atom stereocenters. The first kappa shape index (κ1) is 22.2. The zero-order valence-electron chi connectivity index (χ0n) is 19.8. The lowest BCUT2D eigenvalue weighted by Gasteiger charge is -2.18. The number of carbonyl (C=O) groups excluding carboxylic acids is 1. The average molecular weight is 481 g/mol. The molecule has 6 rings (SSSR count). The maximum absolute atomic E-state index is 13.4. The van der Waals surface area contributed by atoms with Crippen molar-refractivity contribution in [1.29, 1.82) is 0 Å². The minimum Gasteiger partial charge on any atom is -0.324 e. The Morgan fingerprint density at radius 3 is 2.63 bits per heavy atom. The van der Waals surface area contributed by atoms with E-state index in [0.29, 0.717) is 11.7 Å². The minimum absolute atomic E-state index is 0.0768. The van der Waals surface area contributed by atoms with Crippen LogP contribution in [0.15, 0.2) is 82.6 Å². The van der Waals surface area contributed by atoms with Crippen molar-refractivity contribution >= 4 is 34.1 Å². The lowest BCUT2D eigenvalue weighted by atomic mass is 9.95. The van der Waals surface area contributed by atoms with Gasteiger partial charge in [0.05, 0.1) is 5.03 Å². The van der Waals surface area contributed by atoms with Crippen LogP contribution < -0.4 is 10.9 Å². The van der Waals surface area contributed by atoms with Gasteiger partial charge in [-0.3, -0.25) is 14.2 Å². The van der Waals surface area contributed by atoms with Crippen molar-refractivity contribution in [3.63, 3.8) is 0 Å². The number of aryl methyl sites for hydroxylation is 1. The topological polar surface area (TPSA) is 51.1 Å². The Balaban J connectivity index is 1.36. The summed E-state index contributed by atoms with van der Waals surface area (Å²) in [6.07, 6.45) is 3.94. The van der Waals surface area contributed by atoms with Crippen molar-refractivity contribution in [3.8, 4) is 0 Å². The van der Waals surface area contributed by atoms with Gasteiger partial charge in [0.2, 0.25) is 5.91 Å². The number of thioether (sulfide) groups is 1. The normalized spacial score (nSPS) is 16.9. The van der Waals surface area contributed by atoms with Crippen molar-refractivity contribution in [2.45, 2.75) is 49.6 Å². The molecule has 1 aromatic heterocycles. The highest BCUT2D eigenvalue weighted by atomic mass is 32.2. The third-order valence-electron chi connectivity index (χ3n) is 7.17. The second kappa shape index (κ2) is 9.04. The van der Waals surface area contributed by atoms with Gasteiger partial charge in [-0.1, -0.05) is 61.5 Å². The highest BCUT2D eigenvalue weighted by Gasteiger charge is 2.37. The van der Waals surface area contributed by atoms with E-state index in [1.54, 1.807) is 22.4 Å². The number of hydrogen-bond acceptors (Lipinski definition) is 3. The van der Waals surface area contributed by atoms with Gasteiger partial charge in [-0.05, 0) is 76.8 Å². The molecular formula is C30H28N2O2S. The fourth-order valence-corrected chi connectivity index (χ4v) is 6.66. The Morgan fingerprint density at radius 1 is 1.00 bits per heavy atom. The predicted molar refractivity (Wildman–Crippen MR) is 144 cm³/mol. The van der Waals surface area contributed by atoms with E-state index in [1.165, 1.54) is 27.5 Å². The highest BCUT2D eigenvalue weighted by molar-refractivity contribution is 7.99. The standard InChI is InChI=1S/C30H28N2O2S/c1-2-19-7-5-11-24(15-19)31-29(34)26-18-35-30-28(21-13-14-21)23(17-27(33)32(26)30)16-22-10-6-9-20-8-3-4-12-25(20)22/h3-12,15,17,21,26H,2,13-14,16,18H2,1H3,(H,31,34)/t26-/m0/s1. The molecule has 1 aliphatic heterocycles. The number of nitrogens with zero attached hydrogens (tertiary/aromatic N) is 1. The van der Waals surface area contributed by atoms with Crippen molar-refractivity contribution in [1.82, 2.24) is 4.57 Å². The van der Waals surface area contributed by atoms with Crippen LogP contribution in [0.4, 0.5) is 5.69 Å². The first-order valence-electron chi connectivity index (χ1n) is 12.4. The van der Waals surface area contributed by atoms with Gasteiger partial charge in [0.15, 0.2) is 0 Å². The van der Waals surface area contributed by atoms with Crippen LogP contribution in [0.1, 0.15) is 54.0 Å². The number of hydrogen-bond donors (Lipinski definition) is 1. The summed E-state index contributed by atoms with van der Waals surface area (Å²) in [5.41, 5.74) is 5.52. The van der Waals surface area contributed by atoms with Gasteiger partial charge >= 0.3 is 0 Å². The maximum Gasteiger partial charge on any atom is 0.252 e. The van der Waals surface area contributed by atoms with Crippen LogP contribution in [0, 0.1) is 0 Å². The third kappa shape index (κ3) is 4.19. The van der Waals surface area contributed by atoms with Crippen molar-refractivity contribution in [2.75, 3.05) is 11.1 Å². The monoisotopic (exact) mass is 480 g/mol. The smallest absolute Gasteiger partial charge is 0.252 e. The Kier molecular flexibility index (Phi) is 5.73. The molecule has 0 radical (unpaired) electrons. The largest absolute Gasteiger partial charge is 0.324 e. The molecule has 1 N–H and O–H groups in total. The molecule has 2 heterocycles. The number of pyridine rings is 1. The molecular weight excluding hydrogens is 452 g/mol. The summed E-state index contributed by atoms with van der Waals surface area (Å²) in [5.74, 6) is 0.957. The third-order valence-corrected chi connectivity index (χ3v) is 8.34. The fraction of sp³-hybridized carbons (Fsp3) is 0.267. The summed E-state index contributed by atoms with van der Waals surface area (Å²) in [4.78, 5) is 26.7. The van der Waals surface area contributed by atoms with E-state index < -0.39 is 6.04 Å². The van der Waals surface area contributed by atoms with E-state index in [1.807, 2.05) is 18.2 Å². The number of benzene rings is 3. The van der Waals surface area contributed by atoms with Gasteiger partial charge in [-0.2, -0.15) is 0 Å². The SMILES string of the molecule is CCc1cccc(NC(=O)[C@@H]2CSc3c(C4CC4)c(Cc4cccc5ccccc45)cc(=O)n32)c1. The first-order chi connectivity index (χ1) is 17.1. The average Bonchev–Trinajstić information content (AvgIpc) is 3.61. The van der Waals surface area contributed by atoms with E-state index in [9.17, 15) is 9.59 Å². The van der Waals surface area contributed by atoms with Crippen molar-refractivity contribution in [2.24, 2.45) is 0 Å². The van der Waals surface area contributed by atoms with Gasteiger partial charge in [-0.25, -0.2) is 0 Å². The Hall–Kier alpha value is -3.31. The van der Waals surface area contributed by atoms with E-state index in [4.69, 9.17) is 0 Å². The molecule has 2 aliphatic rings. The van der Waals surface area contributed by atoms with E-state index in [0.717, 1.165) is 42.0 Å². The van der Waals surface area contributed by atoms with E-state index in [2.05, 4.69) is 60.8 Å². The number of aromatic nitrogens is 1. The van der Waals surface area contributed by atoms with Gasteiger partial charge in [0.25, 0.3) is 5.56 Å². The minimum atomic E-state index is -0.489. The van der Waals surface area contributed by atoms with Crippen LogP contribution >= 0.6 is 11.8 Å². The number of rotatable bonds is 6. The van der Waals surface area contributed by atoms with Gasteiger partial charge in [0, 0.05) is 17.5 Å².